The predicted octanol–water partition coefficient (Wildman–Crippen LogP) is 2.87. The first kappa shape index (κ1) is 10.2. The molecule has 0 fully saturated rings. The molecule has 0 aliphatic carbocycles. The van der Waals surface area contributed by atoms with E-state index in [2.05, 4.69) is 0 Å². The fourth-order valence-corrected chi connectivity index (χ4v) is 1.80. The third-order valence-corrected chi connectivity index (χ3v) is 2.69. The Morgan fingerprint density at radius 1 is 1.27 bits per heavy atom. The molecule has 1 heterocycles. The molecule has 0 saturated heterocycles. The molecule has 0 amide bonds. The second-order valence-electron chi connectivity index (χ2n) is 4.18. The van der Waals surface area contributed by atoms with Crippen molar-refractivity contribution in [2.24, 2.45) is 5.90 Å². The number of benzene rings is 1. The van der Waals surface area contributed by atoms with E-state index in [1.807, 2.05) is 45.0 Å². The van der Waals surface area contributed by atoms with Gasteiger partial charge in [0.15, 0.2) is 0 Å². The Kier molecular flexibility index (Phi) is 2.29. The standard InChI is InChI=1S/C12H15NO2/c1-8-9-6-4-5-7-10(9)14-11(8)12(2,3)15-13/h4-7H,13H2,1-3H3. The van der Waals surface area contributed by atoms with Crippen LogP contribution in [-0.4, -0.2) is 0 Å². The van der Waals surface area contributed by atoms with E-state index in [4.69, 9.17) is 15.2 Å². The molecule has 0 radical (unpaired) electrons. The van der Waals surface area contributed by atoms with Gasteiger partial charge < -0.3 is 4.42 Å². The number of fused-ring (bicyclic) bond motifs is 1. The van der Waals surface area contributed by atoms with Crippen molar-refractivity contribution in [1.82, 2.24) is 0 Å². The number of para-hydroxylation sites is 1. The lowest BCUT2D eigenvalue weighted by molar-refractivity contribution is -0.0383. The molecular weight excluding hydrogens is 190 g/mol. The first-order valence-electron chi connectivity index (χ1n) is 4.93. The minimum absolute atomic E-state index is 0.594. The second kappa shape index (κ2) is 3.36. The highest BCUT2D eigenvalue weighted by atomic mass is 16.6. The Balaban J connectivity index is 2.68. The lowest BCUT2D eigenvalue weighted by Crippen LogP contribution is -2.25. The molecule has 0 saturated carbocycles. The minimum Gasteiger partial charge on any atom is -0.458 e. The van der Waals surface area contributed by atoms with Crippen LogP contribution in [0.3, 0.4) is 0 Å². The van der Waals surface area contributed by atoms with E-state index in [9.17, 15) is 0 Å². The zero-order chi connectivity index (χ0) is 11.1. The zero-order valence-corrected chi connectivity index (χ0v) is 9.20. The van der Waals surface area contributed by atoms with E-state index in [0.29, 0.717) is 0 Å². The van der Waals surface area contributed by atoms with Gasteiger partial charge in [-0.25, -0.2) is 5.90 Å². The number of nitrogens with two attached hydrogens (primary N) is 1. The van der Waals surface area contributed by atoms with Crippen molar-refractivity contribution in [1.29, 1.82) is 0 Å². The van der Waals surface area contributed by atoms with Gasteiger partial charge in [-0.2, -0.15) is 0 Å². The van der Waals surface area contributed by atoms with Crippen LogP contribution < -0.4 is 5.90 Å². The van der Waals surface area contributed by atoms with Crippen LogP contribution in [0.5, 0.6) is 0 Å². The summed E-state index contributed by atoms with van der Waals surface area (Å²) >= 11 is 0. The van der Waals surface area contributed by atoms with E-state index < -0.39 is 5.60 Å². The molecule has 0 unspecified atom stereocenters. The summed E-state index contributed by atoms with van der Waals surface area (Å²) in [5.74, 6) is 6.05. The van der Waals surface area contributed by atoms with Gasteiger partial charge in [0.2, 0.25) is 0 Å². The summed E-state index contributed by atoms with van der Waals surface area (Å²) in [6.07, 6.45) is 0. The van der Waals surface area contributed by atoms with Gasteiger partial charge >= 0.3 is 0 Å². The largest absolute Gasteiger partial charge is 0.458 e. The Bertz CT molecular complexity index is 485. The van der Waals surface area contributed by atoms with Gasteiger partial charge in [0.05, 0.1) is 0 Å². The summed E-state index contributed by atoms with van der Waals surface area (Å²) in [6, 6.07) is 7.92. The number of hydrogen-bond acceptors (Lipinski definition) is 3. The van der Waals surface area contributed by atoms with E-state index >= 15 is 0 Å². The topological polar surface area (TPSA) is 48.4 Å². The normalized spacial score (nSPS) is 12.3. The highest BCUT2D eigenvalue weighted by molar-refractivity contribution is 5.82. The first-order valence-corrected chi connectivity index (χ1v) is 4.93. The van der Waals surface area contributed by atoms with Crippen molar-refractivity contribution in [2.75, 3.05) is 0 Å². The lowest BCUT2D eigenvalue weighted by Gasteiger charge is -2.19. The van der Waals surface area contributed by atoms with E-state index in [-0.39, 0.29) is 0 Å². The maximum Gasteiger partial charge on any atom is 0.141 e. The fraction of sp³-hybridized carbons (Fsp3) is 0.333. The Labute approximate surface area is 88.8 Å². The van der Waals surface area contributed by atoms with Crippen molar-refractivity contribution in [2.45, 2.75) is 26.4 Å². The first-order chi connectivity index (χ1) is 7.06. The van der Waals surface area contributed by atoms with Crippen molar-refractivity contribution in [3.63, 3.8) is 0 Å². The van der Waals surface area contributed by atoms with Gasteiger partial charge in [-0.15, -0.1) is 0 Å². The van der Waals surface area contributed by atoms with Gasteiger partial charge in [-0.1, -0.05) is 18.2 Å². The molecule has 2 rings (SSSR count). The molecule has 0 bridgehead atoms. The number of rotatable bonds is 2. The number of hydrogen-bond donors (Lipinski definition) is 1. The highest BCUT2D eigenvalue weighted by Gasteiger charge is 2.28. The minimum atomic E-state index is -0.594. The summed E-state index contributed by atoms with van der Waals surface area (Å²) in [5, 5.41) is 1.11. The van der Waals surface area contributed by atoms with Crippen LogP contribution >= 0.6 is 0 Å². The summed E-state index contributed by atoms with van der Waals surface area (Å²) in [6.45, 7) is 5.79. The van der Waals surface area contributed by atoms with E-state index in [1.54, 1.807) is 0 Å². The van der Waals surface area contributed by atoms with Gasteiger partial charge in [-0.05, 0) is 26.8 Å². The molecule has 0 aliphatic heterocycles. The average molecular weight is 205 g/mol. The highest BCUT2D eigenvalue weighted by Crippen LogP contribution is 2.33. The maximum atomic E-state index is 5.75. The van der Waals surface area contributed by atoms with Crippen LogP contribution in [0.25, 0.3) is 11.0 Å². The predicted molar refractivity (Wildman–Crippen MR) is 59.2 cm³/mol. The second-order valence-corrected chi connectivity index (χ2v) is 4.18. The van der Waals surface area contributed by atoms with Gasteiger partial charge in [0.1, 0.15) is 16.9 Å². The van der Waals surface area contributed by atoms with Crippen molar-refractivity contribution < 1.29 is 9.25 Å². The molecule has 1 aromatic carbocycles. The van der Waals surface area contributed by atoms with E-state index in [0.717, 1.165) is 22.3 Å². The summed E-state index contributed by atoms with van der Waals surface area (Å²) in [5.41, 5.74) is 1.36. The maximum absolute atomic E-state index is 5.75. The Morgan fingerprint density at radius 2 is 1.93 bits per heavy atom. The molecule has 1 aromatic heterocycles. The zero-order valence-electron chi connectivity index (χ0n) is 9.20. The third-order valence-electron chi connectivity index (χ3n) is 2.69. The molecule has 2 aromatic rings. The molecular formula is C12H15NO2. The number of furan rings is 1. The van der Waals surface area contributed by atoms with Crippen LogP contribution in [0, 0.1) is 6.92 Å². The monoisotopic (exact) mass is 205 g/mol. The van der Waals surface area contributed by atoms with Gasteiger partial charge in [0, 0.05) is 10.9 Å². The van der Waals surface area contributed by atoms with Crippen molar-refractivity contribution >= 4 is 11.0 Å². The fourth-order valence-electron chi connectivity index (χ4n) is 1.80. The van der Waals surface area contributed by atoms with E-state index in [1.165, 1.54) is 0 Å². The van der Waals surface area contributed by atoms with Crippen LogP contribution in [0.1, 0.15) is 25.2 Å². The smallest absolute Gasteiger partial charge is 0.141 e. The molecule has 80 valence electrons. The van der Waals surface area contributed by atoms with Gasteiger partial charge in [0.25, 0.3) is 0 Å². The number of aryl methyl sites for hydroxylation is 1. The van der Waals surface area contributed by atoms with Crippen molar-refractivity contribution in [3.05, 3.63) is 35.6 Å². The summed E-state index contributed by atoms with van der Waals surface area (Å²) < 4.78 is 5.75. The summed E-state index contributed by atoms with van der Waals surface area (Å²) in [7, 11) is 0. The molecule has 0 aliphatic rings. The molecule has 2 N–H and O–H groups in total. The molecule has 0 atom stereocenters. The summed E-state index contributed by atoms with van der Waals surface area (Å²) in [4.78, 5) is 4.94. The Morgan fingerprint density at radius 3 is 2.53 bits per heavy atom. The molecule has 15 heavy (non-hydrogen) atoms. The van der Waals surface area contributed by atoms with Crippen LogP contribution in [-0.2, 0) is 10.4 Å². The Hall–Kier alpha value is -1.32. The quantitative estimate of drug-likeness (QED) is 0.767. The molecule has 0 spiro atoms. The SMILES string of the molecule is Cc1c(C(C)(C)ON)oc2ccccc12. The van der Waals surface area contributed by atoms with Crippen molar-refractivity contribution in [3.8, 4) is 0 Å². The third kappa shape index (κ3) is 1.54. The average Bonchev–Trinajstić information content (AvgIpc) is 2.58. The van der Waals surface area contributed by atoms with Crippen LogP contribution in [0.4, 0.5) is 0 Å². The molecule has 3 nitrogen and oxygen atoms in total. The van der Waals surface area contributed by atoms with Gasteiger partial charge in [-0.3, -0.25) is 4.84 Å². The molecule has 3 heteroatoms. The lowest BCUT2D eigenvalue weighted by atomic mass is 10.0. The van der Waals surface area contributed by atoms with Crippen LogP contribution in [0.15, 0.2) is 28.7 Å². The van der Waals surface area contributed by atoms with Crippen LogP contribution in [0.2, 0.25) is 0 Å².